The Hall–Kier alpha value is -2.93. The van der Waals surface area contributed by atoms with Crippen LogP contribution in [-0.2, 0) is 9.53 Å². The number of esters is 1. The number of hydrogen-bond acceptors (Lipinski definition) is 7. The summed E-state index contributed by atoms with van der Waals surface area (Å²) in [5, 5.41) is 4.83. The molecule has 0 aromatic heterocycles. The highest BCUT2D eigenvalue weighted by Crippen LogP contribution is 2.47. The molecule has 2 aliphatic rings. The van der Waals surface area contributed by atoms with Gasteiger partial charge in [0.15, 0.2) is 5.17 Å². The lowest BCUT2D eigenvalue weighted by atomic mass is 9.90. The molecule has 0 radical (unpaired) electrons. The molecule has 162 valence electrons. The van der Waals surface area contributed by atoms with Crippen molar-refractivity contribution in [2.24, 2.45) is 4.99 Å². The van der Waals surface area contributed by atoms with Crippen molar-refractivity contribution in [3.05, 3.63) is 58.8 Å². The van der Waals surface area contributed by atoms with Crippen LogP contribution in [0.15, 0.2) is 58.2 Å². The molecule has 2 aliphatic heterocycles. The average Bonchev–Trinajstić information content (AvgIpc) is 3.21. The van der Waals surface area contributed by atoms with E-state index in [0.717, 1.165) is 33.0 Å². The molecule has 4 rings (SSSR count). The van der Waals surface area contributed by atoms with Gasteiger partial charge in [-0.05, 0) is 62.1 Å². The lowest BCUT2D eigenvalue weighted by Gasteiger charge is -2.34. The normalized spacial score (nSPS) is 17.6. The number of fused-ring (bicyclic) bond motifs is 2. The molecule has 31 heavy (non-hydrogen) atoms. The third-order valence-electron chi connectivity index (χ3n) is 5.19. The predicted molar refractivity (Wildman–Crippen MR) is 124 cm³/mol. The molecule has 6 nitrogen and oxygen atoms in total. The van der Waals surface area contributed by atoms with E-state index in [0.29, 0.717) is 31.1 Å². The van der Waals surface area contributed by atoms with E-state index in [1.165, 1.54) is 11.8 Å². The summed E-state index contributed by atoms with van der Waals surface area (Å²) < 4.78 is 17.3. The first-order valence-electron chi connectivity index (χ1n) is 10.5. The number of hydrogen-bond donors (Lipinski definition) is 0. The summed E-state index contributed by atoms with van der Waals surface area (Å²) in [5.41, 5.74) is 2.09. The zero-order chi connectivity index (χ0) is 22.0. The SMILES string of the molecule is CCOC(=O)C1=C(C)N=C2SC=CN2[C@H]1c1c(OCC)ccc2ccc(OCC)cc12. The topological polar surface area (TPSA) is 60.4 Å². The van der Waals surface area contributed by atoms with Crippen LogP contribution >= 0.6 is 11.8 Å². The van der Waals surface area contributed by atoms with Gasteiger partial charge in [-0.15, -0.1) is 0 Å². The Morgan fingerprint density at radius 1 is 1.10 bits per heavy atom. The van der Waals surface area contributed by atoms with E-state index >= 15 is 0 Å². The highest BCUT2D eigenvalue weighted by Gasteiger charge is 2.39. The van der Waals surface area contributed by atoms with Crippen molar-refractivity contribution in [1.82, 2.24) is 4.90 Å². The fourth-order valence-electron chi connectivity index (χ4n) is 3.98. The van der Waals surface area contributed by atoms with Gasteiger partial charge in [-0.25, -0.2) is 9.79 Å². The number of nitrogens with zero attached hydrogens (tertiary/aromatic N) is 2. The van der Waals surface area contributed by atoms with Gasteiger partial charge < -0.3 is 19.1 Å². The largest absolute Gasteiger partial charge is 0.494 e. The van der Waals surface area contributed by atoms with E-state index < -0.39 is 6.04 Å². The summed E-state index contributed by atoms with van der Waals surface area (Å²) in [6, 6.07) is 9.60. The maximum absolute atomic E-state index is 13.1. The fourth-order valence-corrected chi connectivity index (χ4v) is 4.77. The van der Waals surface area contributed by atoms with E-state index in [2.05, 4.69) is 4.99 Å². The first kappa shape index (κ1) is 21.3. The maximum Gasteiger partial charge on any atom is 0.338 e. The van der Waals surface area contributed by atoms with Gasteiger partial charge in [-0.2, -0.15) is 0 Å². The van der Waals surface area contributed by atoms with Gasteiger partial charge in [0, 0.05) is 11.8 Å². The molecule has 0 N–H and O–H groups in total. The Labute approximate surface area is 186 Å². The maximum atomic E-state index is 13.1. The second-order valence-electron chi connectivity index (χ2n) is 7.05. The molecule has 2 heterocycles. The Morgan fingerprint density at radius 2 is 1.87 bits per heavy atom. The van der Waals surface area contributed by atoms with E-state index in [-0.39, 0.29) is 5.97 Å². The minimum Gasteiger partial charge on any atom is -0.494 e. The number of allylic oxidation sites excluding steroid dienone is 1. The molecule has 0 amide bonds. The molecule has 0 saturated heterocycles. The standard InChI is InChI=1S/C24H26N2O4S/c1-5-28-17-10-8-16-9-11-19(29-6-2)21(18(16)14-17)22-20(23(27)30-7-3)15(4)25-24-26(22)12-13-31-24/h8-14,22H,5-7H2,1-4H3/t22-/m1/s1. The van der Waals surface area contributed by atoms with Gasteiger partial charge >= 0.3 is 5.97 Å². The fraction of sp³-hybridized carbons (Fsp3) is 0.333. The lowest BCUT2D eigenvalue weighted by molar-refractivity contribution is -0.139. The molecule has 0 spiro atoms. The Morgan fingerprint density at radius 3 is 2.61 bits per heavy atom. The van der Waals surface area contributed by atoms with Crippen molar-refractivity contribution in [2.75, 3.05) is 19.8 Å². The number of carbonyl (C=O) groups is 1. The van der Waals surface area contributed by atoms with Gasteiger partial charge in [0.05, 0.1) is 37.1 Å². The molecule has 1 atom stereocenters. The second-order valence-corrected chi connectivity index (χ2v) is 7.93. The van der Waals surface area contributed by atoms with Crippen LogP contribution in [0.2, 0.25) is 0 Å². The summed E-state index contributed by atoms with van der Waals surface area (Å²) in [7, 11) is 0. The summed E-state index contributed by atoms with van der Waals surface area (Å²) in [5.74, 6) is 1.15. The second kappa shape index (κ2) is 9.06. The van der Waals surface area contributed by atoms with Crippen LogP contribution < -0.4 is 9.47 Å². The quantitative estimate of drug-likeness (QED) is 0.539. The summed E-state index contributed by atoms with van der Waals surface area (Å²) in [4.78, 5) is 19.8. The van der Waals surface area contributed by atoms with Crippen LogP contribution in [0.3, 0.4) is 0 Å². The number of benzene rings is 2. The van der Waals surface area contributed by atoms with Crippen molar-refractivity contribution in [3.63, 3.8) is 0 Å². The van der Waals surface area contributed by atoms with Crippen LogP contribution in [0.5, 0.6) is 11.5 Å². The zero-order valence-electron chi connectivity index (χ0n) is 18.2. The Bertz CT molecular complexity index is 1100. The van der Waals surface area contributed by atoms with Gasteiger partial charge in [-0.3, -0.25) is 0 Å². The van der Waals surface area contributed by atoms with Crippen molar-refractivity contribution in [1.29, 1.82) is 0 Å². The molecule has 0 bridgehead atoms. The van der Waals surface area contributed by atoms with Crippen molar-refractivity contribution < 1.29 is 19.0 Å². The van der Waals surface area contributed by atoms with Crippen molar-refractivity contribution in [2.45, 2.75) is 33.7 Å². The zero-order valence-corrected chi connectivity index (χ0v) is 19.0. The molecule has 0 fully saturated rings. The number of aliphatic imine (C=N–C) groups is 1. The number of carbonyl (C=O) groups excluding carboxylic acids is 1. The van der Waals surface area contributed by atoms with Gasteiger partial charge in [0.1, 0.15) is 11.5 Å². The summed E-state index contributed by atoms with van der Waals surface area (Å²) in [6.07, 6.45) is 1.96. The smallest absolute Gasteiger partial charge is 0.338 e. The van der Waals surface area contributed by atoms with E-state index in [9.17, 15) is 4.79 Å². The first-order valence-corrected chi connectivity index (χ1v) is 11.4. The molecule has 0 aliphatic carbocycles. The van der Waals surface area contributed by atoms with E-state index in [4.69, 9.17) is 14.2 Å². The molecule has 7 heteroatoms. The van der Waals surface area contributed by atoms with Crippen LogP contribution in [0.1, 0.15) is 39.3 Å². The highest BCUT2D eigenvalue weighted by molar-refractivity contribution is 8.16. The highest BCUT2D eigenvalue weighted by atomic mass is 32.2. The van der Waals surface area contributed by atoms with E-state index in [1.807, 2.05) is 74.5 Å². The van der Waals surface area contributed by atoms with Gasteiger partial charge in [-0.1, -0.05) is 23.9 Å². The summed E-state index contributed by atoms with van der Waals surface area (Å²) in [6.45, 7) is 8.97. The number of thioether (sulfide) groups is 1. The van der Waals surface area contributed by atoms with Crippen molar-refractivity contribution >= 4 is 33.7 Å². The van der Waals surface area contributed by atoms with Crippen LogP contribution in [-0.4, -0.2) is 35.9 Å². The molecule has 0 unspecified atom stereocenters. The molecular formula is C24H26N2O4S. The van der Waals surface area contributed by atoms with Crippen LogP contribution in [0, 0.1) is 0 Å². The minimum absolute atomic E-state index is 0.297. The molecule has 0 saturated carbocycles. The minimum atomic E-state index is -0.417. The molecular weight excluding hydrogens is 412 g/mol. The predicted octanol–water partition coefficient (Wildman–Crippen LogP) is 5.41. The lowest BCUT2D eigenvalue weighted by Crippen LogP contribution is -2.34. The van der Waals surface area contributed by atoms with Crippen LogP contribution in [0.4, 0.5) is 0 Å². The number of rotatable bonds is 7. The third kappa shape index (κ3) is 3.90. The first-order chi connectivity index (χ1) is 15.1. The molecule has 2 aromatic carbocycles. The monoisotopic (exact) mass is 438 g/mol. The Kier molecular flexibility index (Phi) is 6.23. The van der Waals surface area contributed by atoms with Gasteiger partial charge in [0.25, 0.3) is 0 Å². The Balaban J connectivity index is 2.00. The van der Waals surface area contributed by atoms with Gasteiger partial charge in [0.2, 0.25) is 0 Å². The van der Waals surface area contributed by atoms with E-state index in [1.54, 1.807) is 0 Å². The third-order valence-corrected chi connectivity index (χ3v) is 5.97. The van der Waals surface area contributed by atoms with Crippen LogP contribution in [0.25, 0.3) is 10.8 Å². The number of ether oxygens (including phenoxy) is 3. The average molecular weight is 439 g/mol. The molecule has 2 aromatic rings. The number of amidine groups is 1. The summed E-state index contributed by atoms with van der Waals surface area (Å²) >= 11 is 1.54. The van der Waals surface area contributed by atoms with Crippen molar-refractivity contribution in [3.8, 4) is 11.5 Å².